The first-order chi connectivity index (χ1) is 40.1. The van der Waals surface area contributed by atoms with Crippen molar-refractivity contribution in [2.45, 2.75) is 129 Å². The van der Waals surface area contributed by atoms with E-state index in [0.717, 1.165) is 22.7 Å². The monoisotopic (exact) mass is 1310 g/mol. The third kappa shape index (κ3) is 16.6. The SMILES string of the molecule is C=CCOC[C@H](COC(c1ccccc1)(c1ccc(OC)cc1)c1ccc(OC)cc1)Oc1c(Cl)c(C)c(-c2c(Br)sc3ncnc(OC(Cc4cc(O[Si](C)(C)C(C)(C)C)ccc4OCOCC[Si](C)(C)C)C(=O)OC(C)(C)C)c23)c(C)c1Cl. The first-order valence-electron chi connectivity index (χ1n) is 28.3. The van der Waals surface area contributed by atoms with Gasteiger partial charge in [-0.2, -0.15) is 0 Å². The number of nitrogens with zero attached hydrogens (tertiary/aromatic N) is 2. The molecule has 5 aromatic carbocycles. The van der Waals surface area contributed by atoms with Gasteiger partial charge in [-0.3, -0.25) is 0 Å². The van der Waals surface area contributed by atoms with Crippen LogP contribution < -0.4 is 28.1 Å². The predicted molar refractivity (Wildman–Crippen MR) is 352 cm³/mol. The Labute approximate surface area is 526 Å². The van der Waals surface area contributed by atoms with Crippen LogP contribution in [0.25, 0.3) is 21.3 Å². The van der Waals surface area contributed by atoms with E-state index in [1.165, 1.54) is 17.7 Å². The van der Waals surface area contributed by atoms with Crippen molar-refractivity contribution in [3.63, 3.8) is 0 Å². The number of fused-ring (bicyclic) bond motifs is 1. The Morgan fingerprint density at radius 3 is 1.89 bits per heavy atom. The number of benzene rings is 5. The fourth-order valence-corrected chi connectivity index (χ4v) is 13.3. The highest BCUT2D eigenvalue weighted by atomic mass is 79.9. The molecule has 0 N–H and O–H groups in total. The maximum absolute atomic E-state index is 14.6. The number of aromatic nitrogens is 2. The largest absolute Gasteiger partial charge is 0.543 e. The Balaban J connectivity index is 1.29. The standard InChI is InChI=1S/C66H81BrCl2N2O11SSi2/c1-17-33-75-38-51(39-78-66(45-21-19-18-20-22-45,46-23-27-48(73-10)28-24-46)47-25-29-49(74-11)30-26-47)79-59-57(68)42(2)54(43(3)58(59)69)55-56-61(70-40-71-62(56)83-60(55)67)80-53(63(72)81-64(4,5)6)37-44-36-50(82-85(15,16)65(7,8)9)31-32-52(44)77-41-76-34-35-84(12,13)14/h17-32,36,40,51,53H,1,33-35,37-39,41H2,2-16H3/t51-,53?/m1/s1. The van der Waals surface area contributed by atoms with Gasteiger partial charge in [-0.15, -0.1) is 17.9 Å². The molecule has 7 aromatic rings. The third-order valence-electron chi connectivity index (χ3n) is 14.8. The molecule has 2 heterocycles. The molecule has 456 valence electrons. The molecular formula is C66H81BrCl2N2O11SSi2. The van der Waals surface area contributed by atoms with E-state index in [0.29, 0.717) is 71.4 Å². The number of hydrogen-bond donors (Lipinski definition) is 0. The van der Waals surface area contributed by atoms with Gasteiger partial charge in [0, 0.05) is 32.2 Å². The molecule has 85 heavy (non-hydrogen) atoms. The maximum Gasteiger partial charge on any atom is 0.348 e. The minimum atomic E-state index is -2.30. The lowest BCUT2D eigenvalue weighted by Gasteiger charge is -2.37. The number of carbonyl (C=O) groups excluding carboxylic acids is 1. The van der Waals surface area contributed by atoms with Crippen molar-refractivity contribution in [3.8, 4) is 45.8 Å². The van der Waals surface area contributed by atoms with Gasteiger partial charge in [0.2, 0.25) is 20.3 Å². The summed E-state index contributed by atoms with van der Waals surface area (Å²) in [5, 5.41) is 0.964. The average Bonchev–Trinajstić information content (AvgIpc) is 2.79. The summed E-state index contributed by atoms with van der Waals surface area (Å²) in [5.74, 6) is 2.34. The molecule has 0 aliphatic carbocycles. The van der Waals surface area contributed by atoms with E-state index < -0.39 is 45.8 Å². The number of halogens is 3. The van der Waals surface area contributed by atoms with Crippen molar-refractivity contribution in [2.75, 3.05) is 47.4 Å². The molecule has 0 radical (unpaired) electrons. The van der Waals surface area contributed by atoms with E-state index in [2.05, 4.69) is 76.0 Å². The van der Waals surface area contributed by atoms with Crippen molar-refractivity contribution >= 4 is 83.0 Å². The molecule has 0 aliphatic rings. The Kier molecular flexibility index (Phi) is 22.5. The lowest BCUT2D eigenvalue weighted by molar-refractivity contribution is -0.163. The summed E-state index contributed by atoms with van der Waals surface area (Å²) in [5.41, 5.74) is 3.82. The van der Waals surface area contributed by atoms with E-state index >= 15 is 0 Å². The van der Waals surface area contributed by atoms with Gasteiger partial charge in [0.1, 0.15) is 51.5 Å². The van der Waals surface area contributed by atoms with Crippen molar-refractivity contribution in [3.05, 3.63) is 163 Å². The zero-order chi connectivity index (χ0) is 62.1. The van der Waals surface area contributed by atoms with Crippen LogP contribution in [0.3, 0.4) is 0 Å². The van der Waals surface area contributed by atoms with E-state index in [1.54, 1.807) is 20.3 Å². The van der Waals surface area contributed by atoms with Crippen molar-refractivity contribution in [2.24, 2.45) is 0 Å². The molecule has 0 saturated heterocycles. The molecular weight excluding hydrogens is 1240 g/mol. The number of carbonyl (C=O) groups is 1. The molecule has 1 unspecified atom stereocenters. The van der Waals surface area contributed by atoms with E-state index in [9.17, 15) is 4.79 Å². The Morgan fingerprint density at radius 2 is 1.34 bits per heavy atom. The fraction of sp³-hybridized carbons (Fsp3) is 0.409. The maximum atomic E-state index is 14.6. The van der Waals surface area contributed by atoms with Crippen LogP contribution in [-0.2, 0) is 35.8 Å². The average molecular weight is 1320 g/mol. The van der Waals surface area contributed by atoms with Gasteiger partial charge in [0.15, 0.2) is 12.5 Å². The van der Waals surface area contributed by atoms with Crippen molar-refractivity contribution in [1.82, 2.24) is 9.97 Å². The molecule has 7 rings (SSSR count). The van der Waals surface area contributed by atoms with Gasteiger partial charge in [0.25, 0.3) is 0 Å². The van der Waals surface area contributed by atoms with Crippen LogP contribution in [-0.4, -0.2) is 97.6 Å². The summed E-state index contributed by atoms with van der Waals surface area (Å²) in [6.07, 6.45) is 1.12. The van der Waals surface area contributed by atoms with Crippen molar-refractivity contribution in [1.29, 1.82) is 0 Å². The molecule has 0 saturated carbocycles. The molecule has 2 atom stereocenters. The second-order valence-electron chi connectivity index (χ2n) is 24.5. The van der Waals surface area contributed by atoms with Gasteiger partial charge in [-0.05, 0) is 151 Å². The Morgan fingerprint density at radius 1 is 0.753 bits per heavy atom. The van der Waals surface area contributed by atoms with Crippen LogP contribution in [0.15, 0.2) is 120 Å². The molecule has 13 nitrogen and oxygen atoms in total. The number of hydrogen-bond acceptors (Lipinski definition) is 14. The zero-order valence-corrected chi connectivity index (χ0v) is 57.5. The Hall–Kier alpha value is -5.48. The summed E-state index contributed by atoms with van der Waals surface area (Å²) in [4.78, 5) is 24.6. The highest BCUT2D eigenvalue weighted by Gasteiger charge is 2.41. The van der Waals surface area contributed by atoms with Crippen molar-refractivity contribution < 1.29 is 51.9 Å². The van der Waals surface area contributed by atoms with Gasteiger partial charge in [-0.25, -0.2) is 14.8 Å². The van der Waals surface area contributed by atoms with E-state index in [-0.39, 0.29) is 59.7 Å². The van der Waals surface area contributed by atoms with Crippen LogP contribution in [0.2, 0.25) is 53.9 Å². The van der Waals surface area contributed by atoms with Gasteiger partial charge < -0.3 is 47.1 Å². The molecule has 2 aromatic heterocycles. The van der Waals surface area contributed by atoms with Gasteiger partial charge in [0.05, 0.1) is 53.3 Å². The minimum absolute atomic E-state index is 0.00221. The summed E-state index contributed by atoms with van der Waals surface area (Å²) in [6.45, 7) is 31.9. The van der Waals surface area contributed by atoms with Gasteiger partial charge in [-0.1, -0.05) is 124 Å². The molecule has 19 heteroatoms. The molecule has 0 fully saturated rings. The minimum Gasteiger partial charge on any atom is -0.543 e. The summed E-state index contributed by atoms with van der Waals surface area (Å²) < 4.78 is 64.4. The summed E-state index contributed by atoms with van der Waals surface area (Å²) >= 11 is 20.3. The lowest BCUT2D eigenvalue weighted by atomic mass is 9.80. The summed E-state index contributed by atoms with van der Waals surface area (Å²) in [6, 6.07) is 32.3. The number of rotatable bonds is 28. The molecule has 0 aliphatic heterocycles. The second kappa shape index (κ2) is 28.6. The third-order valence-corrected chi connectivity index (χ3v) is 23.5. The second-order valence-corrected chi connectivity index (χ2v) is 37.9. The molecule has 0 amide bonds. The van der Waals surface area contributed by atoms with Crippen LogP contribution >= 0.6 is 50.5 Å². The van der Waals surface area contributed by atoms with E-state index in [4.69, 9.17) is 80.2 Å². The predicted octanol–water partition coefficient (Wildman–Crippen LogP) is 17.4. The Bertz CT molecular complexity index is 3330. The van der Waals surface area contributed by atoms with Crippen LogP contribution in [0.4, 0.5) is 0 Å². The highest BCUT2D eigenvalue weighted by Crippen LogP contribution is 2.52. The lowest BCUT2D eigenvalue weighted by Crippen LogP contribution is -2.43. The summed E-state index contributed by atoms with van der Waals surface area (Å²) in [7, 11) is -0.385. The molecule has 0 spiro atoms. The number of esters is 1. The first kappa shape index (κ1) is 67.0. The van der Waals surface area contributed by atoms with Crippen LogP contribution in [0.1, 0.15) is 74.9 Å². The number of methoxy groups -OCH3 is 2. The molecule has 0 bridgehead atoms. The van der Waals surface area contributed by atoms with Crippen LogP contribution in [0, 0.1) is 13.8 Å². The number of thiophene rings is 1. The topological polar surface area (TPSA) is 135 Å². The smallest absolute Gasteiger partial charge is 0.348 e. The van der Waals surface area contributed by atoms with E-state index in [1.807, 2.05) is 132 Å². The van der Waals surface area contributed by atoms with Crippen LogP contribution in [0.5, 0.6) is 34.6 Å². The quantitative estimate of drug-likeness (QED) is 0.0115. The van der Waals surface area contributed by atoms with Gasteiger partial charge >= 0.3 is 5.97 Å². The normalized spacial score (nSPS) is 13.1. The fourth-order valence-electron chi connectivity index (χ4n) is 9.25. The first-order valence-corrected chi connectivity index (χ1v) is 37.3. The number of ether oxygens (including phenoxy) is 9. The zero-order valence-electron chi connectivity index (χ0n) is 51.6. The highest BCUT2D eigenvalue weighted by molar-refractivity contribution is 9.11.